The number of hydrogen-bond donors (Lipinski definition) is 3. The first kappa shape index (κ1) is 19.2. The molecule has 3 aromatic carbocycles. The second kappa shape index (κ2) is 8.92. The number of rotatable bonds is 6. The van der Waals surface area contributed by atoms with Gasteiger partial charge in [-0.1, -0.05) is 36.4 Å². The zero-order valence-corrected chi connectivity index (χ0v) is 15.1. The molecule has 0 spiro atoms. The molecule has 0 radical (unpaired) electrons. The van der Waals surface area contributed by atoms with Crippen molar-refractivity contribution in [1.29, 1.82) is 0 Å². The Morgan fingerprint density at radius 1 is 0.964 bits per heavy atom. The lowest BCUT2D eigenvalue weighted by Crippen LogP contribution is -2.99. The fourth-order valence-electron chi connectivity index (χ4n) is 2.61. The third kappa shape index (κ3) is 4.60. The van der Waals surface area contributed by atoms with Crippen molar-refractivity contribution in [3.05, 3.63) is 101 Å². The van der Waals surface area contributed by atoms with Crippen LogP contribution in [0.5, 0.6) is 5.75 Å². The average Bonchev–Trinajstić information content (AvgIpc) is 2.75. The highest BCUT2D eigenvalue weighted by atomic mass is 16.8. The molecule has 0 aliphatic carbocycles. The molecule has 0 saturated heterocycles. The Morgan fingerprint density at radius 3 is 2.25 bits per heavy atom. The lowest BCUT2D eigenvalue weighted by atomic mass is 10.0. The van der Waals surface area contributed by atoms with Gasteiger partial charge in [-0.15, -0.1) is 0 Å². The van der Waals surface area contributed by atoms with Gasteiger partial charge in [-0.05, 0) is 30.3 Å². The summed E-state index contributed by atoms with van der Waals surface area (Å²) in [5, 5.41) is 23.4. The Kier molecular flexibility index (Phi) is 6.13. The molecule has 0 fully saturated rings. The predicted molar refractivity (Wildman–Crippen MR) is 105 cm³/mol. The molecule has 7 nitrogen and oxygen atoms in total. The van der Waals surface area contributed by atoms with Crippen LogP contribution in [0.1, 0.15) is 21.5 Å². The number of quaternary nitrogens is 1. The second-order valence-electron chi connectivity index (χ2n) is 5.88. The SMILES string of the molecule is COc1ccc(C(=NNC(=O)c2cccc([NH+]([O-])O)c2)c2ccccc2)cc1. The minimum absolute atomic E-state index is 0.0371. The van der Waals surface area contributed by atoms with Gasteiger partial charge in [0.2, 0.25) is 0 Å². The third-order valence-corrected chi connectivity index (χ3v) is 4.05. The van der Waals surface area contributed by atoms with Crippen LogP contribution in [0.4, 0.5) is 5.69 Å². The first-order valence-corrected chi connectivity index (χ1v) is 8.49. The summed E-state index contributed by atoms with van der Waals surface area (Å²) in [4.78, 5) is 12.5. The van der Waals surface area contributed by atoms with Crippen molar-refractivity contribution in [3.63, 3.8) is 0 Å². The number of hydrogen-bond acceptors (Lipinski definition) is 5. The number of ether oxygens (including phenoxy) is 1. The van der Waals surface area contributed by atoms with Crippen molar-refractivity contribution in [2.75, 3.05) is 7.11 Å². The molecule has 0 aliphatic heterocycles. The van der Waals surface area contributed by atoms with E-state index >= 15 is 0 Å². The van der Waals surface area contributed by atoms with E-state index < -0.39 is 11.1 Å². The van der Waals surface area contributed by atoms with E-state index in [4.69, 9.17) is 9.94 Å². The molecule has 0 saturated carbocycles. The molecule has 0 heterocycles. The highest BCUT2D eigenvalue weighted by Crippen LogP contribution is 2.16. The molecule has 142 valence electrons. The molecule has 3 aromatic rings. The summed E-state index contributed by atoms with van der Waals surface area (Å²) in [7, 11) is 1.59. The van der Waals surface area contributed by atoms with Crippen LogP contribution in [0.3, 0.4) is 0 Å². The Balaban J connectivity index is 1.90. The van der Waals surface area contributed by atoms with E-state index in [0.29, 0.717) is 11.5 Å². The minimum atomic E-state index is -1.10. The first-order valence-electron chi connectivity index (χ1n) is 8.49. The smallest absolute Gasteiger partial charge is 0.271 e. The van der Waals surface area contributed by atoms with E-state index in [1.807, 2.05) is 54.6 Å². The zero-order valence-electron chi connectivity index (χ0n) is 15.1. The molecule has 1 atom stereocenters. The number of nitrogens with one attached hydrogen (secondary N) is 2. The molecule has 1 amide bonds. The van der Waals surface area contributed by atoms with Gasteiger partial charge in [-0.2, -0.15) is 10.3 Å². The molecule has 1 unspecified atom stereocenters. The molecule has 3 N–H and O–H groups in total. The summed E-state index contributed by atoms with van der Waals surface area (Å²) in [5.41, 5.74) is 4.97. The van der Waals surface area contributed by atoms with Gasteiger partial charge >= 0.3 is 0 Å². The van der Waals surface area contributed by atoms with Gasteiger partial charge in [0.05, 0.1) is 12.8 Å². The molecular formula is C21H19N3O4. The van der Waals surface area contributed by atoms with Crippen LogP contribution in [0.2, 0.25) is 0 Å². The van der Waals surface area contributed by atoms with E-state index in [1.165, 1.54) is 24.3 Å². The van der Waals surface area contributed by atoms with Crippen molar-refractivity contribution >= 4 is 17.3 Å². The Labute approximate surface area is 162 Å². The number of hydrazone groups is 1. The van der Waals surface area contributed by atoms with Crippen LogP contribution in [-0.2, 0) is 0 Å². The number of methoxy groups -OCH3 is 1. The molecule has 0 bridgehead atoms. The van der Waals surface area contributed by atoms with E-state index in [0.717, 1.165) is 11.1 Å². The second-order valence-corrected chi connectivity index (χ2v) is 5.88. The standard InChI is InChI=1S/C21H19N3O4/c1-28-19-12-10-16(11-13-19)20(15-6-3-2-4-7-15)22-23-21(25)17-8-5-9-18(14-17)24(26)27/h2-14,24,26H,1H3,(H,23,25). The largest absolute Gasteiger partial charge is 0.595 e. The van der Waals surface area contributed by atoms with Crippen LogP contribution in [-0.4, -0.2) is 23.9 Å². The summed E-state index contributed by atoms with van der Waals surface area (Å²) in [6.07, 6.45) is 0. The number of amides is 1. The van der Waals surface area contributed by atoms with Gasteiger partial charge in [0.15, 0.2) is 5.69 Å². The van der Waals surface area contributed by atoms with E-state index in [-0.39, 0.29) is 11.3 Å². The lowest BCUT2D eigenvalue weighted by Gasteiger charge is -2.12. The molecule has 0 aromatic heterocycles. The molecule has 7 heteroatoms. The van der Waals surface area contributed by atoms with E-state index in [1.54, 1.807) is 7.11 Å². The van der Waals surface area contributed by atoms with Crippen molar-refractivity contribution in [2.24, 2.45) is 5.10 Å². The van der Waals surface area contributed by atoms with Gasteiger partial charge in [-0.3, -0.25) is 4.79 Å². The van der Waals surface area contributed by atoms with Gasteiger partial charge in [0, 0.05) is 28.8 Å². The van der Waals surface area contributed by atoms with Crippen LogP contribution in [0.15, 0.2) is 84.0 Å². The van der Waals surface area contributed by atoms with Crippen LogP contribution >= 0.6 is 0 Å². The number of carbonyl (C=O) groups excluding carboxylic acids is 1. The molecule has 0 aliphatic rings. The fourth-order valence-corrected chi connectivity index (χ4v) is 2.61. The molecule has 3 rings (SSSR count). The number of carbonyl (C=O) groups is 1. The van der Waals surface area contributed by atoms with Crippen LogP contribution in [0, 0.1) is 5.21 Å². The predicted octanol–water partition coefficient (Wildman–Crippen LogP) is 2.28. The lowest BCUT2D eigenvalue weighted by molar-refractivity contribution is -0.991. The Hall–Kier alpha value is -3.52. The van der Waals surface area contributed by atoms with E-state index in [9.17, 15) is 10.0 Å². The van der Waals surface area contributed by atoms with Crippen molar-refractivity contribution in [1.82, 2.24) is 5.43 Å². The fraction of sp³-hybridized carbons (Fsp3) is 0.0476. The summed E-state index contributed by atoms with van der Waals surface area (Å²) in [5.74, 6) is 0.218. The maximum atomic E-state index is 12.5. The topological polar surface area (TPSA) is 98.4 Å². The Morgan fingerprint density at radius 2 is 1.61 bits per heavy atom. The Bertz CT molecular complexity index is 970. The summed E-state index contributed by atoms with van der Waals surface area (Å²) in [6, 6.07) is 22.5. The number of benzene rings is 3. The number of nitrogens with zero attached hydrogens (tertiary/aromatic N) is 1. The summed E-state index contributed by atoms with van der Waals surface area (Å²) < 4.78 is 5.18. The van der Waals surface area contributed by atoms with Crippen LogP contribution in [0.25, 0.3) is 0 Å². The van der Waals surface area contributed by atoms with E-state index in [2.05, 4.69) is 10.5 Å². The quantitative estimate of drug-likeness (QED) is 0.453. The van der Waals surface area contributed by atoms with Crippen LogP contribution < -0.4 is 15.4 Å². The molecule has 28 heavy (non-hydrogen) atoms. The average molecular weight is 377 g/mol. The molecular weight excluding hydrogens is 358 g/mol. The van der Waals surface area contributed by atoms with Crippen molar-refractivity contribution in [3.8, 4) is 5.75 Å². The minimum Gasteiger partial charge on any atom is -0.595 e. The first-order chi connectivity index (χ1) is 13.6. The highest BCUT2D eigenvalue weighted by molar-refractivity contribution is 6.13. The summed E-state index contributed by atoms with van der Waals surface area (Å²) >= 11 is 0. The maximum Gasteiger partial charge on any atom is 0.271 e. The zero-order chi connectivity index (χ0) is 19.9. The monoisotopic (exact) mass is 377 g/mol. The van der Waals surface area contributed by atoms with Crippen molar-refractivity contribution in [2.45, 2.75) is 0 Å². The third-order valence-electron chi connectivity index (χ3n) is 4.05. The normalized spacial score (nSPS) is 12.3. The van der Waals surface area contributed by atoms with Gasteiger partial charge < -0.3 is 9.94 Å². The van der Waals surface area contributed by atoms with Gasteiger partial charge in [-0.25, -0.2) is 10.6 Å². The van der Waals surface area contributed by atoms with Gasteiger partial charge in [0.1, 0.15) is 5.75 Å². The van der Waals surface area contributed by atoms with Gasteiger partial charge in [0.25, 0.3) is 5.91 Å². The maximum absolute atomic E-state index is 12.5. The van der Waals surface area contributed by atoms with Crippen molar-refractivity contribution < 1.29 is 20.0 Å². The highest BCUT2D eigenvalue weighted by Gasteiger charge is 2.11. The summed E-state index contributed by atoms with van der Waals surface area (Å²) in [6.45, 7) is 0.